The van der Waals surface area contributed by atoms with Crippen LogP contribution in [0.5, 0.6) is 0 Å². The van der Waals surface area contributed by atoms with Crippen LogP contribution in [0.2, 0.25) is 0 Å². The molecule has 240 valence electrons. The van der Waals surface area contributed by atoms with Crippen LogP contribution in [0, 0.1) is 0 Å². The van der Waals surface area contributed by atoms with Gasteiger partial charge in [0, 0.05) is 27.1 Å². The van der Waals surface area contributed by atoms with Crippen molar-refractivity contribution in [2.75, 3.05) is 4.90 Å². The molecule has 0 saturated carbocycles. The molecule has 0 fully saturated rings. The van der Waals surface area contributed by atoms with Crippen LogP contribution in [0.3, 0.4) is 0 Å². The normalized spacial score (nSPS) is 13.8. The topological polar surface area (TPSA) is 42.2 Å². The Morgan fingerprint density at radius 3 is 2.08 bits per heavy atom. The number of furan rings is 1. The van der Waals surface area contributed by atoms with Gasteiger partial charge in [0.15, 0.2) is 5.58 Å². The molecule has 0 saturated heterocycles. The van der Waals surface area contributed by atoms with Crippen molar-refractivity contribution in [1.82, 2.24) is 9.97 Å². The molecule has 0 unspecified atom stereocenters. The van der Waals surface area contributed by atoms with Gasteiger partial charge < -0.3 is 4.42 Å². The number of hydrogen-bond donors (Lipinski definition) is 0. The van der Waals surface area contributed by atoms with Gasteiger partial charge in [0.05, 0.1) is 22.6 Å². The summed E-state index contributed by atoms with van der Waals surface area (Å²) < 4.78 is 6.93. The van der Waals surface area contributed by atoms with Gasteiger partial charge in [0.1, 0.15) is 5.58 Å². The Labute approximate surface area is 294 Å². The molecular formula is C47H31N3O. The van der Waals surface area contributed by atoms with Crippen molar-refractivity contribution < 1.29 is 4.42 Å². The monoisotopic (exact) mass is 653 g/mol. The lowest BCUT2D eigenvalue weighted by atomic mass is 9.71. The molecule has 11 rings (SSSR count). The van der Waals surface area contributed by atoms with Gasteiger partial charge in [-0.05, 0) is 67.7 Å². The van der Waals surface area contributed by atoms with Gasteiger partial charge in [-0.2, -0.15) is 0 Å². The van der Waals surface area contributed by atoms with E-state index < -0.39 is 0 Å². The van der Waals surface area contributed by atoms with E-state index in [1.165, 1.54) is 32.7 Å². The van der Waals surface area contributed by atoms with E-state index in [9.17, 15) is 0 Å². The fraction of sp³-hybridized carbons (Fsp3) is 0.0638. The molecule has 51 heavy (non-hydrogen) atoms. The maximum atomic E-state index is 6.93. The zero-order valence-electron chi connectivity index (χ0n) is 28.2. The summed E-state index contributed by atoms with van der Waals surface area (Å²) in [5.41, 5.74) is 8.69. The van der Waals surface area contributed by atoms with Crippen LogP contribution in [-0.2, 0) is 5.41 Å². The minimum atomic E-state index is -0.344. The average molecular weight is 654 g/mol. The highest BCUT2D eigenvalue weighted by molar-refractivity contribution is 6.25. The van der Waals surface area contributed by atoms with E-state index >= 15 is 0 Å². The largest absolute Gasteiger partial charge is 0.454 e. The number of fused-ring (bicyclic) bond motifs is 13. The molecular weight excluding hydrogens is 623 g/mol. The molecule has 0 atom stereocenters. The fourth-order valence-electron chi connectivity index (χ4n) is 8.68. The lowest BCUT2D eigenvalue weighted by Gasteiger charge is -2.41. The van der Waals surface area contributed by atoms with Crippen LogP contribution in [0.4, 0.5) is 17.3 Å². The fourth-order valence-corrected chi connectivity index (χ4v) is 8.68. The van der Waals surface area contributed by atoms with Crippen molar-refractivity contribution in [3.8, 4) is 11.3 Å². The minimum absolute atomic E-state index is 0.344. The second-order valence-corrected chi connectivity index (χ2v) is 14.2. The van der Waals surface area contributed by atoms with E-state index in [4.69, 9.17) is 14.4 Å². The second kappa shape index (κ2) is 10.3. The summed E-state index contributed by atoms with van der Waals surface area (Å²) in [6.07, 6.45) is 0. The van der Waals surface area contributed by atoms with Crippen molar-refractivity contribution in [1.29, 1.82) is 0 Å². The number of benzene rings is 8. The first-order chi connectivity index (χ1) is 25.1. The van der Waals surface area contributed by atoms with E-state index in [2.05, 4.69) is 164 Å². The molecule has 0 bridgehead atoms. The molecule has 4 nitrogen and oxygen atoms in total. The SMILES string of the molecule is CC1(C)c2ccccc2N(c2nc(-c3ccc4ccccc4c3)c3c(ccc4ccccc43)n2)c2c1c1ccccc1c1c2oc2ccccc21. The van der Waals surface area contributed by atoms with E-state index in [1.807, 2.05) is 6.07 Å². The number of rotatable bonds is 2. The predicted octanol–water partition coefficient (Wildman–Crippen LogP) is 12.8. The molecule has 0 N–H and O–H groups in total. The first-order valence-corrected chi connectivity index (χ1v) is 17.5. The first-order valence-electron chi connectivity index (χ1n) is 17.5. The standard InChI is InChI=1S/C47H31N3O/c1-47(2)36-20-10-11-21-38(36)50(44-42(47)34-18-8-7-17-33(34)40-35-19-9-12-22-39(35)51-45(40)44)46-48-37-26-25-29-14-5-6-16-32(29)41(37)43(49-46)31-24-23-28-13-3-4-15-30(28)27-31/h3-27H,1-2H3. The van der Waals surface area contributed by atoms with Crippen LogP contribution in [0.1, 0.15) is 25.0 Å². The van der Waals surface area contributed by atoms with Gasteiger partial charge in [0.25, 0.3) is 0 Å². The Bertz CT molecular complexity index is 3080. The van der Waals surface area contributed by atoms with Crippen LogP contribution in [0.15, 0.2) is 156 Å². The maximum Gasteiger partial charge on any atom is 0.235 e. The number of anilines is 3. The quantitative estimate of drug-likeness (QED) is 0.174. The first kappa shape index (κ1) is 28.3. The van der Waals surface area contributed by atoms with Gasteiger partial charge in [-0.25, -0.2) is 9.97 Å². The summed E-state index contributed by atoms with van der Waals surface area (Å²) in [5, 5.41) is 10.3. The van der Waals surface area contributed by atoms with E-state index in [-0.39, 0.29) is 5.41 Å². The maximum absolute atomic E-state index is 6.93. The highest BCUT2D eigenvalue weighted by Crippen LogP contribution is 2.57. The Morgan fingerprint density at radius 1 is 0.549 bits per heavy atom. The number of nitrogens with zero attached hydrogens (tertiary/aromatic N) is 3. The third-order valence-electron chi connectivity index (χ3n) is 11.0. The number of hydrogen-bond acceptors (Lipinski definition) is 4. The highest BCUT2D eigenvalue weighted by Gasteiger charge is 2.42. The number of para-hydroxylation sites is 2. The van der Waals surface area contributed by atoms with Crippen molar-refractivity contribution in [3.05, 3.63) is 163 Å². The molecule has 1 aliphatic rings. The Hall–Kier alpha value is -6.52. The highest BCUT2D eigenvalue weighted by atomic mass is 16.3. The van der Waals surface area contributed by atoms with Gasteiger partial charge >= 0.3 is 0 Å². The summed E-state index contributed by atoms with van der Waals surface area (Å²) >= 11 is 0. The van der Waals surface area contributed by atoms with Gasteiger partial charge in [-0.15, -0.1) is 0 Å². The Balaban J connectivity index is 1.31. The van der Waals surface area contributed by atoms with E-state index in [0.717, 1.165) is 66.2 Å². The molecule has 1 aliphatic heterocycles. The van der Waals surface area contributed by atoms with E-state index in [0.29, 0.717) is 5.95 Å². The third-order valence-corrected chi connectivity index (χ3v) is 11.0. The molecule has 0 spiro atoms. The third kappa shape index (κ3) is 3.90. The average Bonchev–Trinajstić information content (AvgIpc) is 3.57. The minimum Gasteiger partial charge on any atom is -0.454 e. The second-order valence-electron chi connectivity index (χ2n) is 14.2. The molecule has 3 heterocycles. The van der Waals surface area contributed by atoms with Gasteiger partial charge in [0.2, 0.25) is 5.95 Å². The Kier molecular flexibility index (Phi) is 5.70. The van der Waals surface area contributed by atoms with Crippen LogP contribution < -0.4 is 4.90 Å². The molecule has 0 radical (unpaired) electrons. The van der Waals surface area contributed by atoms with Gasteiger partial charge in [-0.3, -0.25) is 4.90 Å². The molecule has 0 aliphatic carbocycles. The molecule has 2 aromatic heterocycles. The Morgan fingerprint density at radius 2 is 1.22 bits per heavy atom. The van der Waals surface area contributed by atoms with Crippen molar-refractivity contribution in [2.45, 2.75) is 19.3 Å². The zero-order valence-corrected chi connectivity index (χ0v) is 28.2. The molecule has 0 amide bonds. The summed E-state index contributed by atoms with van der Waals surface area (Å²) in [6, 6.07) is 53.9. The van der Waals surface area contributed by atoms with Crippen LogP contribution in [0.25, 0.3) is 76.4 Å². The number of aromatic nitrogens is 2. The summed E-state index contributed by atoms with van der Waals surface area (Å²) in [4.78, 5) is 13.3. The summed E-state index contributed by atoms with van der Waals surface area (Å²) in [5.74, 6) is 0.613. The van der Waals surface area contributed by atoms with Crippen molar-refractivity contribution >= 4 is 82.5 Å². The van der Waals surface area contributed by atoms with Crippen molar-refractivity contribution in [3.63, 3.8) is 0 Å². The lowest BCUT2D eigenvalue weighted by Crippen LogP contribution is -2.32. The molecule has 4 heteroatoms. The molecule has 8 aromatic carbocycles. The predicted molar refractivity (Wildman–Crippen MR) is 212 cm³/mol. The van der Waals surface area contributed by atoms with E-state index in [1.54, 1.807) is 0 Å². The smallest absolute Gasteiger partial charge is 0.235 e. The van der Waals surface area contributed by atoms with Crippen LogP contribution >= 0.6 is 0 Å². The van der Waals surface area contributed by atoms with Gasteiger partial charge in [-0.1, -0.05) is 141 Å². The molecule has 10 aromatic rings. The summed E-state index contributed by atoms with van der Waals surface area (Å²) in [6.45, 7) is 4.66. The van der Waals surface area contributed by atoms with Crippen LogP contribution in [-0.4, -0.2) is 9.97 Å². The lowest BCUT2D eigenvalue weighted by molar-refractivity contribution is 0.628. The van der Waals surface area contributed by atoms with Crippen molar-refractivity contribution in [2.24, 2.45) is 0 Å². The summed E-state index contributed by atoms with van der Waals surface area (Å²) in [7, 11) is 0. The zero-order chi connectivity index (χ0) is 33.8.